The van der Waals surface area contributed by atoms with Crippen LogP contribution in [0.15, 0.2) is 76.1 Å². The third kappa shape index (κ3) is 5.64. The molecule has 1 heterocycles. The molecule has 0 unspecified atom stereocenters. The molecule has 0 atom stereocenters. The van der Waals surface area contributed by atoms with Crippen LogP contribution in [0.1, 0.15) is 47.0 Å². The van der Waals surface area contributed by atoms with Gasteiger partial charge in [0.1, 0.15) is 29.6 Å². The average molecular weight is 525 g/mol. The maximum Gasteiger partial charge on any atom is 0.335 e. The van der Waals surface area contributed by atoms with Crippen molar-refractivity contribution in [2.45, 2.75) is 38.2 Å². The van der Waals surface area contributed by atoms with E-state index in [9.17, 15) is 17.6 Å². The number of aromatic carboxylic acids is 1. The highest BCUT2D eigenvalue weighted by Gasteiger charge is 2.23. The number of carboxylic acids is 1. The molecule has 0 fully saturated rings. The number of ether oxygens (including phenoxy) is 1. The molecule has 3 aromatic carbocycles. The quantitative estimate of drug-likeness (QED) is 0.276. The van der Waals surface area contributed by atoms with Gasteiger partial charge in [-0.25, -0.2) is 17.6 Å². The van der Waals surface area contributed by atoms with Crippen LogP contribution in [0.3, 0.4) is 0 Å². The van der Waals surface area contributed by atoms with Gasteiger partial charge in [-0.2, -0.15) is 0 Å². The Hall–Kier alpha value is -4.18. The lowest BCUT2D eigenvalue weighted by atomic mass is 10.0. The molecular formula is C27H25FN2O6S. The van der Waals surface area contributed by atoms with Crippen molar-refractivity contribution < 1.29 is 32.0 Å². The van der Waals surface area contributed by atoms with E-state index in [1.807, 2.05) is 13.8 Å². The van der Waals surface area contributed by atoms with Crippen LogP contribution < -0.4 is 9.46 Å². The molecule has 10 heteroatoms. The number of carboxylic acid groups (broad SMARTS) is 1. The summed E-state index contributed by atoms with van der Waals surface area (Å²) in [7, 11) is -4.02. The van der Waals surface area contributed by atoms with E-state index in [1.54, 1.807) is 43.3 Å². The number of carbonyl (C=O) groups is 1. The Labute approximate surface area is 213 Å². The van der Waals surface area contributed by atoms with Crippen molar-refractivity contribution in [2.75, 3.05) is 4.72 Å². The minimum absolute atomic E-state index is 0.00947. The summed E-state index contributed by atoms with van der Waals surface area (Å²) in [6.07, 6.45) is 0. The number of anilines is 1. The predicted molar refractivity (Wildman–Crippen MR) is 136 cm³/mol. The highest BCUT2D eigenvalue weighted by Crippen LogP contribution is 2.33. The van der Waals surface area contributed by atoms with E-state index >= 15 is 0 Å². The zero-order chi connectivity index (χ0) is 26.7. The first kappa shape index (κ1) is 25.9. The van der Waals surface area contributed by atoms with Crippen molar-refractivity contribution in [1.29, 1.82) is 0 Å². The fourth-order valence-corrected chi connectivity index (χ4v) is 4.95. The van der Waals surface area contributed by atoms with Gasteiger partial charge in [0, 0.05) is 11.5 Å². The second-order valence-electron chi connectivity index (χ2n) is 8.71. The number of aromatic nitrogens is 1. The molecule has 0 radical (unpaired) electrons. The zero-order valence-corrected chi connectivity index (χ0v) is 21.2. The minimum atomic E-state index is -4.02. The summed E-state index contributed by atoms with van der Waals surface area (Å²) in [5, 5.41) is 13.2. The van der Waals surface area contributed by atoms with Crippen LogP contribution in [0.5, 0.6) is 5.75 Å². The van der Waals surface area contributed by atoms with E-state index in [2.05, 4.69) is 9.88 Å². The number of halogens is 1. The van der Waals surface area contributed by atoms with Crippen LogP contribution in [0.2, 0.25) is 0 Å². The fourth-order valence-electron chi connectivity index (χ4n) is 3.78. The van der Waals surface area contributed by atoms with Gasteiger partial charge in [0.2, 0.25) is 0 Å². The zero-order valence-electron chi connectivity index (χ0n) is 20.4. The lowest BCUT2D eigenvalue weighted by Gasteiger charge is -2.14. The van der Waals surface area contributed by atoms with Crippen molar-refractivity contribution in [3.63, 3.8) is 0 Å². The number of hydrogen-bond donors (Lipinski definition) is 2. The van der Waals surface area contributed by atoms with Crippen molar-refractivity contribution in [3.8, 4) is 17.0 Å². The first-order valence-corrected chi connectivity index (χ1v) is 12.9. The molecule has 0 saturated carbocycles. The Kier molecular flexibility index (Phi) is 7.30. The molecule has 192 valence electrons. The molecule has 4 rings (SSSR count). The Balaban J connectivity index is 1.55. The topological polar surface area (TPSA) is 119 Å². The number of sulfonamides is 1. The van der Waals surface area contributed by atoms with Gasteiger partial charge < -0.3 is 14.4 Å². The molecular weight excluding hydrogens is 499 g/mol. The van der Waals surface area contributed by atoms with Gasteiger partial charge in [0.15, 0.2) is 0 Å². The van der Waals surface area contributed by atoms with E-state index < -0.39 is 21.8 Å². The first-order valence-electron chi connectivity index (χ1n) is 11.4. The van der Waals surface area contributed by atoms with Crippen molar-refractivity contribution in [2.24, 2.45) is 0 Å². The molecule has 0 bridgehead atoms. The van der Waals surface area contributed by atoms with Crippen LogP contribution in [-0.2, 0) is 16.6 Å². The summed E-state index contributed by atoms with van der Waals surface area (Å²) in [6.45, 7) is 5.65. The van der Waals surface area contributed by atoms with Crippen molar-refractivity contribution in [3.05, 3.63) is 95.0 Å². The van der Waals surface area contributed by atoms with Crippen LogP contribution in [-0.4, -0.2) is 24.7 Å². The molecule has 0 aliphatic rings. The van der Waals surface area contributed by atoms with Gasteiger partial charge >= 0.3 is 5.97 Å². The molecule has 8 nitrogen and oxygen atoms in total. The SMILES string of the molecule is Cc1cc(OCc2c(-c3ccccc3F)noc2C(C)C)ccc1NS(=O)(=O)c1cccc(C(=O)O)c1. The van der Waals surface area contributed by atoms with Crippen LogP contribution in [0.25, 0.3) is 11.3 Å². The number of nitrogens with zero attached hydrogens (tertiary/aromatic N) is 1. The molecule has 0 aliphatic heterocycles. The molecule has 0 saturated heterocycles. The van der Waals surface area contributed by atoms with Gasteiger partial charge in [-0.3, -0.25) is 4.72 Å². The van der Waals surface area contributed by atoms with Crippen molar-refractivity contribution >= 4 is 21.7 Å². The standard InChI is InChI=1S/C27H25FN2O6S/c1-16(2)26-22(25(29-36-26)21-9-4-5-10-23(21)28)15-35-19-11-12-24(17(3)13-19)30-37(33,34)20-8-6-7-18(14-20)27(31)32/h4-14,16,30H,15H2,1-3H3,(H,31,32). The van der Waals surface area contributed by atoms with Gasteiger partial charge in [-0.15, -0.1) is 0 Å². The molecule has 1 aromatic heterocycles. The second kappa shape index (κ2) is 10.4. The smallest absolute Gasteiger partial charge is 0.335 e. The minimum Gasteiger partial charge on any atom is -0.489 e. The number of aryl methyl sites for hydroxylation is 1. The van der Waals surface area contributed by atoms with Crippen LogP contribution in [0.4, 0.5) is 10.1 Å². The third-order valence-electron chi connectivity index (χ3n) is 5.69. The monoisotopic (exact) mass is 524 g/mol. The van der Waals surface area contributed by atoms with Gasteiger partial charge in [-0.05, 0) is 61.0 Å². The number of hydrogen-bond acceptors (Lipinski definition) is 6. The van der Waals surface area contributed by atoms with Crippen LogP contribution >= 0.6 is 0 Å². The Morgan fingerprint density at radius 1 is 1.11 bits per heavy atom. The number of nitrogens with one attached hydrogen (secondary N) is 1. The highest BCUT2D eigenvalue weighted by molar-refractivity contribution is 7.92. The molecule has 0 aliphatic carbocycles. The summed E-state index contributed by atoms with van der Waals surface area (Å²) in [6, 6.07) is 16.2. The van der Waals surface area contributed by atoms with Gasteiger partial charge in [0.05, 0.1) is 21.7 Å². The lowest BCUT2D eigenvalue weighted by molar-refractivity contribution is 0.0696. The van der Waals surface area contributed by atoms with E-state index in [0.717, 1.165) is 6.07 Å². The first-order chi connectivity index (χ1) is 17.6. The van der Waals surface area contributed by atoms with E-state index in [1.165, 1.54) is 24.3 Å². The molecule has 0 spiro atoms. The van der Waals surface area contributed by atoms with Gasteiger partial charge in [-0.1, -0.05) is 37.2 Å². The Morgan fingerprint density at radius 2 is 1.86 bits per heavy atom. The summed E-state index contributed by atoms with van der Waals surface area (Å²) in [5.41, 5.74) is 2.07. The molecule has 2 N–H and O–H groups in total. The maximum atomic E-state index is 14.4. The predicted octanol–water partition coefficient (Wildman–Crippen LogP) is 5.99. The van der Waals surface area contributed by atoms with Gasteiger partial charge in [0.25, 0.3) is 10.0 Å². The number of rotatable bonds is 9. The Bertz CT molecular complexity index is 1560. The van der Waals surface area contributed by atoms with Crippen molar-refractivity contribution in [1.82, 2.24) is 5.16 Å². The Morgan fingerprint density at radius 3 is 2.54 bits per heavy atom. The fraction of sp³-hybridized carbons (Fsp3) is 0.185. The summed E-state index contributed by atoms with van der Waals surface area (Å²) < 4.78 is 54.0. The summed E-state index contributed by atoms with van der Waals surface area (Å²) >= 11 is 0. The normalized spacial score (nSPS) is 11.5. The second-order valence-corrected chi connectivity index (χ2v) is 10.4. The summed E-state index contributed by atoms with van der Waals surface area (Å²) in [4.78, 5) is 11.0. The number of benzene rings is 3. The largest absolute Gasteiger partial charge is 0.489 e. The van der Waals surface area contributed by atoms with E-state index in [-0.39, 0.29) is 23.0 Å². The highest BCUT2D eigenvalue weighted by atomic mass is 32.2. The third-order valence-corrected chi connectivity index (χ3v) is 7.05. The van der Waals surface area contributed by atoms with Crippen LogP contribution in [0, 0.1) is 12.7 Å². The van der Waals surface area contributed by atoms with E-state index in [0.29, 0.717) is 39.6 Å². The average Bonchev–Trinajstić information content (AvgIpc) is 3.28. The molecule has 4 aromatic rings. The van der Waals surface area contributed by atoms with E-state index in [4.69, 9.17) is 14.4 Å². The summed E-state index contributed by atoms with van der Waals surface area (Å²) in [5.74, 6) is -0.605. The maximum absolute atomic E-state index is 14.4. The molecule has 0 amide bonds. The lowest BCUT2D eigenvalue weighted by Crippen LogP contribution is -2.14. The molecule has 37 heavy (non-hydrogen) atoms.